The molecule has 0 saturated heterocycles. The van der Waals surface area contributed by atoms with E-state index in [4.69, 9.17) is 0 Å². The fourth-order valence-electron chi connectivity index (χ4n) is 2.80. The molecule has 108 valence electrons. The molecule has 1 atom stereocenters. The second-order valence-corrected chi connectivity index (χ2v) is 5.47. The van der Waals surface area contributed by atoms with Crippen LogP contribution in [0.25, 0.3) is 0 Å². The lowest BCUT2D eigenvalue weighted by Crippen LogP contribution is -2.24. The van der Waals surface area contributed by atoms with Crippen molar-refractivity contribution >= 4 is 11.6 Å². The molecule has 1 amide bonds. The smallest absolute Gasteiger partial charge is 0.225 e. The summed E-state index contributed by atoms with van der Waals surface area (Å²) in [5.74, 6) is -2.39. The lowest BCUT2D eigenvalue weighted by molar-refractivity contribution is -0.116. The number of aryl methyl sites for hydroxylation is 2. The molecule has 0 fully saturated rings. The lowest BCUT2D eigenvalue weighted by atomic mass is 9.83. The molecule has 1 aliphatic rings. The van der Waals surface area contributed by atoms with Gasteiger partial charge in [-0.25, -0.2) is 8.78 Å². The van der Waals surface area contributed by atoms with Crippen LogP contribution in [0.5, 0.6) is 0 Å². The van der Waals surface area contributed by atoms with E-state index in [-0.39, 0.29) is 17.9 Å². The molecule has 2 aromatic rings. The van der Waals surface area contributed by atoms with Crippen LogP contribution >= 0.6 is 0 Å². The molecule has 1 aliphatic heterocycles. The summed E-state index contributed by atoms with van der Waals surface area (Å²) >= 11 is 0. The maximum Gasteiger partial charge on any atom is 0.225 e. The Hall–Kier alpha value is -2.23. The number of rotatable bonds is 1. The second-order valence-electron chi connectivity index (χ2n) is 5.47. The van der Waals surface area contributed by atoms with Crippen LogP contribution in [0.2, 0.25) is 0 Å². The Balaban J connectivity index is 2.19. The van der Waals surface area contributed by atoms with Crippen molar-refractivity contribution in [2.45, 2.75) is 26.2 Å². The van der Waals surface area contributed by atoms with Gasteiger partial charge in [-0.1, -0.05) is 18.2 Å². The zero-order valence-electron chi connectivity index (χ0n) is 11.8. The number of anilines is 1. The average molecular weight is 287 g/mol. The molecule has 0 saturated carbocycles. The van der Waals surface area contributed by atoms with E-state index in [1.807, 2.05) is 26.0 Å². The van der Waals surface area contributed by atoms with Crippen molar-refractivity contribution in [1.82, 2.24) is 0 Å². The Kier molecular flexibility index (Phi) is 3.24. The molecule has 21 heavy (non-hydrogen) atoms. The molecule has 0 radical (unpaired) electrons. The van der Waals surface area contributed by atoms with Crippen molar-refractivity contribution in [3.63, 3.8) is 0 Å². The predicted molar refractivity (Wildman–Crippen MR) is 77.4 cm³/mol. The highest BCUT2D eigenvalue weighted by molar-refractivity contribution is 5.95. The second kappa shape index (κ2) is 4.95. The van der Waals surface area contributed by atoms with Gasteiger partial charge in [0.1, 0.15) is 0 Å². The summed E-state index contributed by atoms with van der Waals surface area (Å²) in [4.78, 5) is 11.9. The highest BCUT2D eigenvalue weighted by atomic mass is 19.2. The van der Waals surface area contributed by atoms with Gasteiger partial charge < -0.3 is 5.32 Å². The largest absolute Gasteiger partial charge is 0.326 e. The molecular weight excluding hydrogens is 272 g/mol. The molecule has 0 aliphatic carbocycles. The molecule has 2 aromatic carbocycles. The van der Waals surface area contributed by atoms with Gasteiger partial charge in [0.2, 0.25) is 5.91 Å². The number of nitrogens with one attached hydrogen (secondary N) is 1. The van der Waals surface area contributed by atoms with E-state index in [1.165, 1.54) is 6.07 Å². The van der Waals surface area contributed by atoms with E-state index in [0.717, 1.165) is 22.8 Å². The fourth-order valence-corrected chi connectivity index (χ4v) is 2.80. The first-order valence-electron chi connectivity index (χ1n) is 6.82. The van der Waals surface area contributed by atoms with Crippen LogP contribution in [0.3, 0.4) is 0 Å². The summed E-state index contributed by atoms with van der Waals surface area (Å²) in [5, 5.41) is 2.81. The number of carbonyl (C=O) groups is 1. The summed E-state index contributed by atoms with van der Waals surface area (Å²) < 4.78 is 27.6. The van der Waals surface area contributed by atoms with E-state index < -0.39 is 17.6 Å². The van der Waals surface area contributed by atoms with Crippen LogP contribution < -0.4 is 5.32 Å². The number of hydrogen-bond donors (Lipinski definition) is 1. The Morgan fingerprint density at radius 3 is 2.57 bits per heavy atom. The monoisotopic (exact) mass is 287 g/mol. The Morgan fingerprint density at radius 2 is 1.81 bits per heavy atom. The quantitative estimate of drug-likeness (QED) is 0.842. The molecule has 0 unspecified atom stereocenters. The maximum atomic E-state index is 14.1. The van der Waals surface area contributed by atoms with Crippen molar-refractivity contribution in [3.8, 4) is 0 Å². The van der Waals surface area contributed by atoms with E-state index in [1.54, 1.807) is 6.07 Å². The lowest BCUT2D eigenvalue weighted by Gasteiger charge is -2.27. The zero-order valence-corrected chi connectivity index (χ0v) is 11.8. The van der Waals surface area contributed by atoms with Gasteiger partial charge in [-0.05, 0) is 48.2 Å². The molecule has 1 N–H and O–H groups in total. The molecular formula is C17H15F2NO. The highest BCUT2D eigenvalue weighted by Gasteiger charge is 2.29. The fraction of sp³-hybridized carbons (Fsp3) is 0.235. The van der Waals surface area contributed by atoms with Gasteiger partial charge in [-0.2, -0.15) is 0 Å². The van der Waals surface area contributed by atoms with Crippen LogP contribution in [-0.4, -0.2) is 5.91 Å². The Morgan fingerprint density at radius 1 is 1.10 bits per heavy atom. The van der Waals surface area contributed by atoms with Gasteiger partial charge in [0.15, 0.2) is 11.6 Å². The number of benzene rings is 2. The standard InChI is InChI=1S/C17H15F2NO/c1-9-6-13-12(11-4-3-5-14(18)17(11)19)8-16(21)20-15(13)7-10(9)2/h3-7,12H,8H2,1-2H3,(H,20,21)/t12-/m1/s1. The number of halogens is 2. The minimum absolute atomic E-state index is 0.121. The van der Waals surface area contributed by atoms with Crippen molar-refractivity contribution < 1.29 is 13.6 Å². The third-order valence-electron chi connectivity index (χ3n) is 4.06. The molecule has 0 aromatic heterocycles. The topological polar surface area (TPSA) is 29.1 Å². The van der Waals surface area contributed by atoms with E-state index in [2.05, 4.69) is 5.32 Å². The summed E-state index contributed by atoms with van der Waals surface area (Å²) in [5.41, 5.74) is 3.86. The van der Waals surface area contributed by atoms with Gasteiger partial charge in [0.05, 0.1) is 0 Å². The molecule has 3 rings (SSSR count). The summed E-state index contributed by atoms with van der Waals surface area (Å²) in [6, 6.07) is 7.93. The molecule has 0 spiro atoms. The van der Waals surface area contributed by atoms with Crippen LogP contribution in [0, 0.1) is 25.5 Å². The van der Waals surface area contributed by atoms with E-state index in [9.17, 15) is 13.6 Å². The molecule has 2 nitrogen and oxygen atoms in total. The molecule has 4 heteroatoms. The molecule has 1 heterocycles. The van der Waals surface area contributed by atoms with Crippen molar-refractivity contribution in [2.24, 2.45) is 0 Å². The van der Waals surface area contributed by atoms with Crippen molar-refractivity contribution in [1.29, 1.82) is 0 Å². The number of carbonyl (C=O) groups excluding carboxylic acids is 1. The first-order chi connectivity index (χ1) is 9.97. The van der Waals surface area contributed by atoms with Gasteiger partial charge >= 0.3 is 0 Å². The summed E-state index contributed by atoms with van der Waals surface area (Å²) in [7, 11) is 0. The third-order valence-corrected chi connectivity index (χ3v) is 4.06. The predicted octanol–water partition coefficient (Wildman–Crippen LogP) is 4.06. The van der Waals surface area contributed by atoms with Crippen molar-refractivity contribution in [2.75, 3.05) is 5.32 Å². The number of hydrogen-bond acceptors (Lipinski definition) is 1. The van der Waals surface area contributed by atoms with E-state index in [0.29, 0.717) is 5.69 Å². The van der Waals surface area contributed by atoms with E-state index >= 15 is 0 Å². The van der Waals surface area contributed by atoms with Gasteiger partial charge in [0, 0.05) is 18.0 Å². The minimum Gasteiger partial charge on any atom is -0.326 e. The summed E-state index contributed by atoms with van der Waals surface area (Å²) in [6.45, 7) is 3.92. The van der Waals surface area contributed by atoms with Gasteiger partial charge in [0.25, 0.3) is 0 Å². The van der Waals surface area contributed by atoms with Crippen LogP contribution in [-0.2, 0) is 4.79 Å². The van der Waals surface area contributed by atoms with Crippen LogP contribution in [0.4, 0.5) is 14.5 Å². The average Bonchev–Trinajstić information content (AvgIpc) is 2.43. The van der Waals surface area contributed by atoms with Crippen molar-refractivity contribution in [3.05, 3.63) is 64.2 Å². The van der Waals surface area contributed by atoms with Crippen LogP contribution in [0.1, 0.15) is 34.6 Å². The number of fused-ring (bicyclic) bond motifs is 1. The number of amides is 1. The van der Waals surface area contributed by atoms with Gasteiger partial charge in [-0.3, -0.25) is 4.79 Å². The zero-order chi connectivity index (χ0) is 15.1. The normalized spacial score (nSPS) is 17.3. The highest BCUT2D eigenvalue weighted by Crippen LogP contribution is 2.39. The summed E-state index contributed by atoms with van der Waals surface area (Å²) in [6.07, 6.45) is 0.121. The first-order valence-corrected chi connectivity index (χ1v) is 6.82. The third kappa shape index (κ3) is 2.31. The molecule has 0 bridgehead atoms. The Bertz CT molecular complexity index is 740. The first kappa shape index (κ1) is 13.7. The van der Waals surface area contributed by atoms with Crippen LogP contribution in [0.15, 0.2) is 30.3 Å². The SMILES string of the molecule is Cc1cc2c(cc1C)[C@@H](c1cccc(F)c1F)CC(=O)N2. The Labute approximate surface area is 121 Å². The minimum atomic E-state index is -0.885. The maximum absolute atomic E-state index is 14.1. The van der Waals surface area contributed by atoms with Gasteiger partial charge in [-0.15, -0.1) is 0 Å².